The van der Waals surface area contributed by atoms with Crippen LogP contribution in [0.4, 0.5) is 10.5 Å². The molecule has 102 valence electrons. The Hall–Kier alpha value is -1.95. The van der Waals surface area contributed by atoms with Crippen LogP contribution in [0.5, 0.6) is 0 Å². The topological polar surface area (TPSA) is 69.6 Å². The Labute approximate surface area is 116 Å². The minimum atomic E-state index is -1.06. The van der Waals surface area contributed by atoms with Gasteiger partial charge in [0.05, 0.1) is 0 Å². The fourth-order valence-corrected chi connectivity index (χ4v) is 1.82. The molecule has 0 fully saturated rings. The van der Waals surface area contributed by atoms with Gasteiger partial charge in [-0.05, 0) is 30.5 Å². The Balaban J connectivity index is 2.68. The number of hydrogen-bond donors (Lipinski definition) is 2. The molecule has 19 heavy (non-hydrogen) atoms. The van der Waals surface area contributed by atoms with E-state index in [1.54, 1.807) is 23.9 Å². The minimum absolute atomic E-state index is 0.182. The van der Waals surface area contributed by atoms with Gasteiger partial charge < -0.3 is 15.3 Å². The number of urea groups is 1. The molecule has 0 saturated heterocycles. The summed E-state index contributed by atoms with van der Waals surface area (Å²) in [6.07, 6.45) is 3.45. The lowest BCUT2D eigenvalue weighted by atomic mass is 10.3. The maximum Gasteiger partial charge on any atom is 0.323 e. The number of carboxylic acid groups (broad SMARTS) is 1. The van der Waals surface area contributed by atoms with Crippen molar-refractivity contribution >= 4 is 29.4 Å². The average Bonchev–Trinajstić information content (AvgIpc) is 2.38. The van der Waals surface area contributed by atoms with Gasteiger partial charge in [-0.2, -0.15) is 0 Å². The number of carboxylic acids is 1. The Kier molecular flexibility index (Phi) is 5.95. The van der Waals surface area contributed by atoms with E-state index in [0.29, 0.717) is 5.69 Å². The fraction of sp³-hybridized carbons (Fsp3) is 0.231. The van der Waals surface area contributed by atoms with Crippen LogP contribution in [0.15, 0.2) is 41.8 Å². The number of thioether (sulfide) groups is 1. The van der Waals surface area contributed by atoms with Crippen LogP contribution in [-0.2, 0) is 4.79 Å². The monoisotopic (exact) mass is 280 g/mol. The summed E-state index contributed by atoms with van der Waals surface area (Å²) in [7, 11) is 0. The molecule has 0 bridgehead atoms. The third-order valence-corrected chi connectivity index (χ3v) is 3.05. The first kappa shape index (κ1) is 15.1. The first-order valence-corrected chi connectivity index (χ1v) is 6.82. The molecule has 2 amide bonds. The van der Waals surface area contributed by atoms with E-state index in [4.69, 9.17) is 5.11 Å². The Bertz CT molecular complexity index is 459. The van der Waals surface area contributed by atoms with E-state index in [1.165, 1.54) is 6.08 Å². The highest BCUT2D eigenvalue weighted by atomic mass is 32.2. The van der Waals surface area contributed by atoms with E-state index in [9.17, 15) is 9.59 Å². The molecule has 0 aromatic heterocycles. The van der Waals surface area contributed by atoms with Gasteiger partial charge in [-0.3, -0.25) is 4.79 Å². The maximum absolute atomic E-state index is 11.9. The third kappa shape index (κ3) is 5.05. The van der Waals surface area contributed by atoms with E-state index in [1.807, 2.05) is 18.4 Å². The molecule has 5 nitrogen and oxygen atoms in total. The van der Waals surface area contributed by atoms with Crippen molar-refractivity contribution < 1.29 is 14.7 Å². The molecular weight excluding hydrogens is 264 g/mol. The van der Waals surface area contributed by atoms with Gasteiger partial charge in [-0.1, -0.05) is 6.08 Å². The summed E-state index contributed by atoms with van der Waals surface area (Å²) in [5, 5.41) is 11.4. The largest absolute Gasteiger partial charge is 0.480 e. The van der Waals surface area contributed by atoms with Crippen LogP contribution in [0.25, 0.3) is 0 Å². The molecule has 0 heterocycles. The number of aliphatic carboxylic acids is 1. The molecule has 0 aliphatic carbocycles. The SMILES string of the molecule is C=CCN(CC(=O)O)C(=O)Nc1ccc(SC)cc1. The highest BCUT2D eigenvalue weighted by Gasteiger charge is 2.15. The second kappa shape index (κ2) is 7.48. The zero-order valence-electron chi connectivity index (χ0n) is 10.6. The molecule has 0 radical (unpaired) electrons. The number of hydrogen-bond acceptors (Lipinski definition) is 3. The van der Waals surface area contributed by atoms with Gasteiger partial charge in [0.1, 0.15) is 6.54 Å². The molecule has 0 saturated carbocycles. The molecular formula is C13H16N2O3S. The summed E-state index contributed by atoms with van der Waals surface area (Å²) in [5.74, 6) is -1.06. The molecule has 0 spiro atoms. The fourth-order valence-electron chi connectivity index (χ4n) is 1.42. The van der Waals surface area contributed by atoms with Crippen molar-refractivity contribution in [1.29, 1.82) is 0 Å². The zero-order chi connectivity index (χ0) is 14.3. The van der Waals surface area contributed by atoms with Crippen molar-refractivity contribution in [1.82, 2.24) is 4.90 Å². The summed E-state index contributed by atoms with van der Waals surface area (Å²) < 4.78 is 0. The normalized spacial score (nSPS) is 9.74. The zero-order valence-corrected chi connectivity index (χ0v) is 11.4. The summed E-state index contributed by atoms with van der Waals surface area (Å²) in [4.78, 5) is 24.8. The summed E-state index contributed by atoms with van der Waals surface area (Å²) >= 11 is 1.61. The molecule has 6 heteroatoms. The van der Waals surface area contributed by atoms with E-state index in [0.717, 1.165) is 9.80 Å². The molecule has 1 rings (SSSR count). The first-order chi connectivity index (χ1) is 9.06. The predicted molar refractivity (Wildman–Crippen MR) is 76.6 cm³/mol. The highest BCUT2D eigenvalue weighted by molar-refractivity contribution is 7.98. The van der Waals surface area contributed by atoms with Crippen molar-refractivity contribution in [2.45, 2.75) is 4.90 Å². The molecule has 0 atom stereocenters. The minimum Gasteiger partial charge on any atom is -0.480 e. The Morgan fingerprint density at radius 3 is 2.53 bits per heavy atom. The van der Waals surface area contributed by atoms with Crippen LogP contribution in [-0.4, -0.2) is 41.4 Å². The van der Waals surface area contributed by atoms with E-state index in [2.05, 4.69) is 11.9 Å². The number of carbonyl (C=O) groups excluding carboxylic acids is 1. The smallest absolute Gasteiger partial charge is 0.323 e. The summed E-state index contributed by atoms with van der Waals surface area (Å²) in [6.45, 7) is 3.32. The number of anilines is 1. The van der Waals surface area contributed by atoms with Crippen LogP contribution < -0.4 is 5.32 Å². The van der Waals surface area contributed by atoms with Crippen LogP contribution in [0.2, 0.25) is 0 Å². The standard InChI is InChI=1S/C13H16N2O3S/c1-3-8-15(9-12(16)17)13(18)14-10-4-6-11(19-2)7-5-10/h3-7H,1,8-9H2,2H3,(H,14,18)(H,16,17). The Morgan fingerprint density at radius 2 is 2.05 bits per heavy atom. The third-order valence-electron chi connectivity index (χ3n) is 2.30. The molecule has 2 N–H and O–H groups in total. The molecule has 1 aromatic rings. The average molecular weight is 280 g/mol. The second-order valence-electron chi connectivity index (χ2n) is 3.72. The highest BCUT2D eigenvalue weighted by Crippen LogP contribution is 2.17. The predicted octanol–water partition coefficient (Wildman–Crippen LogP) is 2.51. The number of benzene rings is 1. The van der Waals surface area contributed by atoms with Crippen molar-refractivity contribution in [2.75, 3.05) is 24.7 Å². The lowest BCUT2D eigenvalue weighted by Crippen LogP contribution is -2.38. The van der Waals surface area contributed by atoms with Gasteiger partial charge in [-0.25, -0.2) is 4.79 Å². The van der Waals surface area contributed by atoms with Crippen LogP contribution in [0.3, 0.4) is 0 Å². The lowest BCUT2D eigenvalue weighted by molar-refractivity contribution is -0.137. The van der Waals surface area contributed by atoms with E-state index >= 15 is 0 Å². The van der Waals surface area contributed by atoms with Crippen molar-refractivity contribution in [2.24, 2.45) is 0 Å². The van der Waals surface area contributed by atoms with Gasteiger partial charge in [0.2, 0.25) is 0 Å². The number of nitrogens with zero attached hydrogens (tertiary/aromatic N) is 1. The molecule has 1 aromatic carbocycles. The number of nitrogens with one attached hydrogen (secondary N) is 1. The summed E-state index contributed by atoms with van der Waals surface area (Å²) in [6, 6.07) is 6.86. The van der Waals surface area contributed by atoms with Gasteiger partial charge in [0, 0.05) is 17.1 Å². The maximum atomic E-state index is 11.9. The molecule has 0 aliphatic heterocycles. The Morgan fingerprint density at radius 1 is 1.42 bits per heavy atom. The van der Waals surface area contributed by atoms with E-state index < -0.39 is 12.0 Å². The van der Waals surface area contributed by atoms with Crippen LogP contribution in [0.1, 0.15) is 0 Å². The molecule has 0 aliphatic rings. The first-order valence-electron chi connectivity index (χ1n) is 5.59. The lowest BCUT2D eigenvalue weighted by Gasteiger charge is -2.19. The van der Waals surface area contributed by atoms with Gasteiger partial charge in [-0.15, -0.1) is 18.3 Å². The van der Waals surface area contributed by atoms with E-state index in [-0.39, 0.29) is 13.1 Å². The number of carbonyl (C=O) groups is 2. The number of rotatable bonds is 6. The summed E-state index contributed by atoms with van der Waals surface area (Å²) in [5.41, 5.74) is 0.627. The van der Waals surface area contributed by atoms with Crippen molar-refractivity contribution in [3.63, 3.8) is 0 Å². The van der Waals surface area contributed by atoms with Gasteiger partial charge >= 0.3 is 12.0 Å². The molecule has 0 unspecified atom stereocenters. The van der Waals surface area contributed by atoms with Crippen LogP contribution in [0, 0.1) is 0 Å². The van der Waals surface area contributed by atoms with Gasteiger partial charge in [0.25, 0.3) is 0 Å². The van der Waals surface area contributed by atoms with Crippen LogP contribution >= 0.6 is 11.8 Å². The van der Waals surface area contributed by atoms with Gasteiger partial charge in [0.15, 0.2) is 0 Å². The quantitative estimate of drug-likeness (QED) is 0.620. The van der Waals surface area contributed by atoms with Crippen molar-refractivity contribution in [3.8, 4) is 0 Å². The van der Waals surface area contributed by atoms with Crippen molar-refractivity contribution in [3.05, 3.63) is 36.9 Å². The second-order valence-corrected chi connectivity index (χ2v) is 4.60. The number of amides is 2.